The minimum Gasteiger partial charge on any atom is -0.434 e. The van der Waals surface area contributed by atoms with E-state index in [1.165, 1.54) is 11.3 Å². The molecule has 3 N–H and O–H groups in total. The van der Waals surface area contributed by atoms with E-state index in [0.717, 1.165) is 25.9 Å². The number of piperidine rings is 1. The Morgan fingerprint density at radius 3 is 2.78 bits per heavy atom. The fourth-order valence-corrected chi connectivity index (χ4v) is 5.04. The van der Waals surface area contributed by atoms with E-state index in [4.69, 9.17) is 4.74 Å². The third kappa shape index (κ3) is 6.85. The van der Waals surface area contributed by atoms with Crippen LogP contribution in [0.5, 0.6) is 11.6 Å². The predicted molar refractivity (Wildman–Crippen MR) is 127 cm³/mol. The number of aryl methyl sites for hydroxylation is 1. The molecule has 8 nitrogen and oxygen atoms in total. The van der Waals surface area contributed by atoms with Crippen molar-refractivity contribution >= 4 is 34.0 Å². The second-order valence-corrected chi connectivity index (χ2v) is 10.3. The summed E-state index contributed by atoms with van der Waals surface area (Å²) in [6, 6.07) is 3.01. The van der Waals surface area contributed by atoms with Crippen LogP contribution in [0, 0.1) is 18.6 Å². The molecular formula is C21H21F5N6O2S2. The minimum absolute atomic E-state index is 0.0267. The summed E-state index contributed by atoms with van der Waals surface area (Å²) in [5.41, 5.74) is -0.237. The molecule has 36 heavy (non-hydrogen) atoms. The van der Waals surface area contributed by atoms with Crippen molar-refractivity contribution in [3.05, 3.63) is 41.0 Å². The number of thiazole rings is 1. The van der Waals surface area contributed by atoms with Gasteiger partial charge in [-0.05, 0) is 32.4 Å². The van der Waals surface area contributed by atoms with Crippen molar-refractivity contribution in [2.45, 2.75) is 32.0 Å². The van der Waals surface area contributed by atoms with Crippen molar-refractivity contribution < 1.29 is 30.9 Å². The quantitative estimate of drug-likeness (QED) is 0.349. The second kappa shape index (κ2) is 11.0. The van der Waals surface area contributed by atoms with Gasteiger partial charge in [-0.15, -0.1) is 11.3 Å². The first-order chi connectivity index (χ1) is 17.1. The summed E-state index contributed by atoms with van der Waals surface area (Å²) >= 11 is 1.23. The molecule has 0 spiro atoms. The van der Waals surface area contributed by atoms with Crippen molar-refractivity contribution in [2.75, 3.05) is 28.9 Å². The fraction of sp³-hybridized carbons (Fsp3) is 0.381. The molecule has 15 heteroatoms. The first kappa shape index (κ1) is 26.2. The Morgan fingerprint density at radius 2 is 2.06 bits per heavy atom. The van der Waals surface area contributed by atoms with Crippen LogP contribution in [0.25, 0.3) is 10.6 Å². The van der Waals surface area contributed by atoms with Gasteiger partial charge in [-0.3, -0.25) is 0 Å². The van der Waals surface area contributed by atoms with Crippen LogP contribution in [-0.4, -0.2) is 50.2 Å². The highest BCUT2D eigenvalue weighted by Crippen LogP contribution is 2.38. The van der Waals surface area contributed by atoms with E-state index in [9.17, 15) is 26.2 Å². The van der Waals surface area contributed by atoms with E-state index < -0.39 is 46.0 Å². The van der Waals surface area contributed by atoms with Gasteiger partial charge in [0.1, 0.15) is 21.6 Å². The van der Waals surface area contributed by atoms with Gasteiger partial charge in [-0.2, -0.15) is 13.2 Å². The van der Waals surface area contributed by atoms with Crippen molar-refractivity contribution in [1.29, 1.82) is 0 Å². The molecule has 2 aromatic heterocycles. The molecule has 194 valence electrons. The zero-order valence-electron chi connectivity index (χ0n) is 18.8. The summed E-state index contributed by atoms with van der Waals surface area (Å²) in [6.07, 6.45) is -1.19. The van der Waals surface area contributed by atoms with Gasteiger partial charge in [0, 0.05) is 30.9 Å². The minimum atomic E-state index is -4.74. The number of nitrogens with zero attached hydrogens (tertiary/aromatic N) is 3. The second-order valence-electron chi connectivity index (χ2n) is 7.89. The highest BCUT2D eigenvalue weighted by Gasteiger charge is 2.31. The Bertz CT molecular complexity index is 1250. The Hall–Kier alpha value is -2.91. The number of aromatic nitrogens is 3. The summed E-state index contributed by atoms with van der Waals surface area (Å²) in [5.74, 6) is -4.13. The largest absolute Gasteiger partial charge is 0.434 e. The summed E-state index contributed by atoms with van der Waals surface area (Å²) in [6.45, 7) is 3.44. The molecule has 3 heterocycles. The lowest BCUT2D eigenvalue weighted by Crippen LogP contribution is -2.38. The third-order valence-electron chi connectivity index (χ3n) is 4.97. The fourth-order valence-electron chi connectivity index (χ4n) is 3.45. The maximum absolute atomic E-state index is 14.7. The molecule has 2 unspecified atom stereocenters. The monoisotopic (exact) mass is 548 g/mol. The Balaban J connectivity index is 1.54. The van der Waals surface area contributed by atoms with Crippen molar-refractivity contribution in [2.24, 2.45) is 0 Å². The summed E-state index contributed by atoms with van der Waals surface area (Å²) in [4.78, 5) is 13.4. The first-order valence-electron chi connectivity index (χ1n) is 10.7. The number of benzene rings is 1. The molecular weight excluding hydrogens is 527 g/mol. The number of nitrogens with one attached hydrogen (secondary N) is 3. The standard InChI is InChI=1S/C21H21F5N6O2S2/c1-11-29-19(18(35-11)15-4-6-28-20(31-15)30-12-3-2-5-27-9-12)34-17-8-13(22)16(7-14(17)23)32-36(33)10-21(24,25)26/h4,6-8,12,27,32H,2-3,5,9-10H2,1H3,(H,28,30,31). The van der Waals surface area contributed by atoms with E-state index >= 15 is 0 Å². The SMILES string of the molecule is Cc1nc(Oc2cc(F)c(NS(=O)CC(F)(F)F)cc2F)c(-c2ccnc(NC3CCCNC3)n2)s1. The maximum Gasteiger partial charge on any atom is 0.402 e. The molecule has 0 aliphatic carbocycles. The molecule has 1 aliphatic rings. The number of ether oxygens (including phenoxy) is 1. The molecule has 1 aliphatic heterocycles. The molecule has 2 atom stereocenters. The van der Waals surface area contributed by atoms with Gasteiger partial charge in [0.15, 0.2) is 17.4 Å². The van der Waals surface area contributed by atoms with Gasteiger partial charge >= 0.3 is 6.18 Å². The van der Waals surface area contributed by atoms with Gasteiger partial charge in [0.25, 0.3) is 0 Å². The Labute approximate surface area is 209 Å². The van der Waals surface area contributed by atoms with Crippen LogP contribution in [0.2, 0.25) is 0 Å². The zero-order chi connectivity index (χ0) is 25.9. The van der Waals surface area contributed by atoms with Gasteiger partial charge in [-0.25, -0.2) is 27.9 Å². The van der Waals surface area contributed by atoms with E-state index in [-0.39, 0.29) is 11.9 Å². The smallest absolute Gasteiger partial charge is 0.402 e. The van der Waals surface area contributed by atoms with Crippen LogP contribution in [0.4, 0.5) is 33.6 Å². The van der Waals surface area contributed by atoms with Crippen molar-refractivity contribution in [3.8, 4) is 22.2 Å². The molecule has 1 saturated heterocycles. The molecule has 4 rings (SSSR count). The highest BCUT2D eigenvalue weighted by atomic mass is 32.2. The van der Waals surface area contributed by atoms with Crippen LogP contribution in [0.1, 0.15) is 17.8 Å². The highest BCUT2D eigenvalue weighted by molar-refractivity contribution is 7.86. The third-order valence-corrected chi connectivity index (χ3v) is 6.98. The van der Waals surface area contributed by atoms with Crippen LogP contribution in [0.3, 0.4) is 0 Å². The maximum atomic E-state index is 14.7. The number of anilines is 2. The lowest BCUT2D eigenvalue weighted by atomic mass is 10.1. The Morgan fingerprint density at radius 1 is 1.25 bits per heavy atom. The number of hydrogen-bond donors (Lipinski definition) is 3. The summed E-state index contributed by atoms with van der Waals surface area (Å²) in [5, 5.41) is 7.13. The molecule has 0 radical (unpaired) electrons. The molecule has 0 saturated carbocycles. The molecule has 0 bridgehead atoms. The lowest BCUT2D eigenvalue weighted by Gasteiger charge is -2.23. The molecule has 1 aromatic carbocycles. The average molecular weight is 549 g/mol. The van der Waals surface area contributed by atoms with Crippen molar-refractivity contribution in [1.82, 2.24) is 20.3 Å². The predicted octanol–water partition coefficient (Wildman–Crippen LogP) is 4.78. The van der Waals surface area contributed by atoms with Crippen LogP contribution in [0.15, 0.2) is 24.4 Å². The van der Waals surface area contributed by atoms with E-state index in [2.05, 4.69) is 25.6 Å². The van der Waals surface area contributed by atoms with Gasteiger partial charge in [0.05, 0.1) is 16.4 Å². The van der Waals surface area contributed by atoms with Crippen molar-refractivity contribution in [3.63, 3.8) is 0 Å². The Kier molecular flexibility index (Phi) is 8.00. The lowest BCUT2D eigenvalue weighted by molar-refractivity contribution is -0.105. The van der Waals surface area contributed by atoms with E-state index in [1.807, 2.05) is 4.72 Å². The molecule has 0 amide bonds. The molecule has 1 fully saturated rings. The van der Waals surface area contributed by atoms with Gasteiger partial charge < -0.3 is 20.1 Å². The number of halogens is 5. The van der Waals surface area contributed by atoms with Gasteiger partial charge in [0.2, 0.25) is 11.8 Å². The van der Waals surface area contributed by atoms with Gasteiger partial charge in [-0.1, -0.05) is 0 Å². The number of rotatable bonds is 8. The normalized spacial score (nSPS) is 17.0. The first-order valence-corrected chi connectivity index (χ1v) is 12.9. The van der Waals surface area contributed by atoms with Crippen LogP contribution < -0.4 is 20.1 Å². The summed E-state index contributed by atoms with van der Waals surface area (Å²) in [7, 11) is -2.69. The van der Waals surface area contributed by atoms with E-state index in [1.54, 1.807) is 19.2 Å². The average Bonchev–Trinajstić information content (AvgIpc) is 3.17. The van der Waals surface area contributed by atoms with E-state index in [0.29, 0.717) is 33.7 Å². The van der Waals surface area contributed by atoms with Crippen LogP contribution in [-0.2, 0) is 11.0 Å². The summed E-state index contributed by atoms with van der Waals surface area (Å²) < 4.78 is 85.1. The number of hydrogen-bond acceptors (Lipinski definition) is 8. The topological polar surface area (TPSA) is 101 Å². The zero-order valence-corrected chi connectivity index (χ0v) is 20.4. The van der Waals surface area contributed by atoms with Crippen LogP contribution >= 0.6 is 11.3 Å². The number of alkyl halides is 3. The molecule has 3 aromatic rings.